The molecule has 0 unspecified atom stereocenters. The Morgan fingerprint density at radius 3 is 1.49 bits per heavy atom. The summed E-state index contributed by atoms with van der Waals surface area (Å²) in [5.41, 5.74) is 4.44. The highest BCUT2D eigenvalue weighted by Gasteiger charge is 2.40. The molecule has 5 heterocycles. The van der Waals surface area contributed by atoms with E-state index in [-0.39, 0.29) is 86.9 Å². The number of anilines is 2. The topological polar surface area (TPSA) is 184 Å². The molecule has 4 atom stereocenters. The minimum Gasteiger partial charge on any atom is -0.447 e. The zero-order valence-electron chi connectivity index (χ0n) is 35.7. The molecule has 0 saturated carbocycles. The van der Waals surface area contributed by atoms with E-state index in [2.05, 4.69) is 15.6 Å². The van der Waals surface area contributed by atoms with E-state index in [9.17, 15) is 28.8 Å². The van der Waals surface area contributed by atoms with E-state index < -0.39 is 12.2 Å². The van der Waals surface area contributed by atoms with Gasteiger partial charge in [-0.1, -0.05) is 60.7 Å². The van der Waals surface area contributed by atoms with Crippen LogP contribution in [0.25, 0.3) is 22.8 Å². The van der Waals surface area contributed by atoms with Gasteiger partial charge in [0.15, 0.2) is 5.76 Å². The summed E-state index contributed by atoms with van der Waals surface area (Å²) in [6.45, 7) is 1.18. The van der Waals surface area contributed by atoms with Crippen LogP contribution in [0.4, 0.5) is 21.0 Å². The standard InChI is InChI=1S/C49H49N7O9/c57-43(25-38-13-7-23-53(38)45(59)28-55-40(30-63-48(55)61)32-9-3-1-4-10-32)51-36-19-15-34(16-20-36)42-27-50-47(65-42)35-17-21-37(22-18-35)52-44(58)26-39-14-8-24-54(39)46(60)29-56-41(31-64-49(56)62)33-11-5-2-6-12-33/h1-6,9-12,15-22,27,38-41H,7-8,13-14,23-26,28-31H2,(H,51,57)(H,52,58)/t38-,39-,40+,41+/m0/s1. The highest BCUT2D eigenvalue weighted by molar-refractivity contribution is 5.93. The highest BCUT2D eigenvalue weighted by Crippen LogP contribution is 2.32. The van der Waals surface area contributed by atoms with Crippen LogP contribution in [0.3, 0.4) is 0 Å². The summed E-state index contributed by atoms with van der Waals surface area (Å²) in [7, 11) is 0. The second kappa shape index (κ2) is 19.1. The number of rotatable bonds is 14. The molecule has 0 spiro atoms. The Bertz CT molecular complexity index is 2360. The van der Waals surface area contributed by atoms with E-state index in [1.807, 2.05) is 72.8 Å². The molecule has 16 nitrogen and oxygen atoms in total. The van der Waals surface area contributed by atoms with Gasteiger partial charge < -0.3 is 34.3 Å². The SMILES string of the molecule is O=C(C[C@@H]1CCCN1C(=O)CN1C(=O)OC[C@@H]1c1ccccc1)Nc1ccc(-c2cnc(-c3ccc(NC(=O)C[C@@H]4CCCN4C(=O)CN4C(=O)OC[C@@H]4c4ccccc4)cc3)o2)cc1. The number of nitrogens with zero attached hydrogens (tertiary/aromatic N) is 5. The van der Waals surface area contributed by atoms with Gasteiger partial charge in [-0.25, -0.2) is 14.6 Å². The molecule has 16 heteroatoms. The molecule has 5 aromatic rings. The highest BCUT2D eigenvalue weighted by atomic mass is 16.6. The molecule has 0 radical (unpaired) electrons. The average Bonchev–Trinajstić information content (AvgIpc) is 4.19. The molecule has 4 saturated heterocycles. The van der Waals surface area contributed by atoms with Crippen LogP contribution in [0, 0.1) is 0 Å². The molecule has 4 fully saturated rings. The zero-order valence-corrected chi connectivity index (χ0v) is 35.7. The maximum atomic E-state index is 13.4. The van der Waals surface area contributed by atoms with Crippen molar-refractivity contribution in [2.75, 3.05) is 50.0 Å². The Balaban J connectivity index is 0.739. The van der Waals surface area contributed by atoms with Gasteiger partial charge in [0, 0.05) is 60.5 Å². The molecule has 2 N–H and O–H groups in total. The molecule has 6 amide bonds. The second-order valence-corrected chi connectivity index (χ2v) is 16.7. The number of nitrogens with one attached hydrogen (secondary N) is 2. The predicted octanol–water partition coefficient (Wildman–Crippen LogP) is 7.03. The number of carbonyl (C=O) groups is 6. The predicted molar refractivity (Wildman–Crippen MR) is 238 cm³/mol. The van der Waals surface area contributed by atoms with Gasteiger partial charge in [0.25, 0.3) is 0 Å². The number of hydrogen-bond acceptors (Lipinski definition) is 10. The number of aromatic nitrogens is 1. The van der Waals surface area contributed by atoms with Crippen molar-refractivity contribution < 1.29 is 42.7 Å². The molecule has 4 aliphatic rings. The van der Waals surface area contributed by atoms with E-state index in [4.69, 9.17) is 13.9 Å². The quantitative estimate of drug-likeness (QED) is 0.117. The molecule has 0 aliphatic carbocycles. The average molecular weight is 880 g/mol. The Morgan fingerprint density at radius 2 is 1.03 bits per heavy atom. The third-order valence-electron chi connectivity index (χ3n) is 12.5. The number of benzene rings is 4. The van der Waals surface area contributed by atoms with Crippen molar-refractivity contribution in [3.8, 4) is 22.8 Å². The molecule has 1 aromatic heterocycles. The van der Waals surface area contributed by atoms with Crippen molar-refractivity contribution in [3.63, 3.8) is 0 Å². The summed E-state index contributed by atoms with van der Waals surface area (Å²) >= 11 is 0. The van der Waals surface area contributed by atoms with Crippen LogP contribution in [0.15, 0.2) is 120 Å². The van der Waals surface area contributed by atoms with Gasteiger partial charge in [0.2, 0.25) is 29.5 Å². The molecule has 4 aliphatic heterocycles. The van der Waals surface area contributed by atoms with Crippen LogP contribution < -0.4 is 10.6 Å². The van der Waals surface area contributed by atoms with Crippen molar-refractivity contribution in [2.24, 2.45) is 0 Å². The van der Waals surface area contributed by atoms with Gasteiger partial charge >= 0.3 is 12.2 Å². The van der Waals surface area contributed by atoms with Crippen molar-refractivity contribution in [1.82, 2.24) is 24.6 Å². The van der Waals surface area contributed by atoms with Gasteiger partial charge in [0.05, 0.1) is 18.3 Å². The summed E-state index contributed by atoms with van der Waals surface area (Å²) in [6, 6.07) is 32.1. The van der Waals surface area contributed by atoms with Crippen LogP contribution in [0.2, 0.25) is 0 Å². The maximum absolute atomic E-state index is 13.4. The molecular weight excluding hydrogens is 831 g/mol. The first-order chi connectivity index (χ1) is 31.7. The second-order valence-electron chi connectivity index (χ2n) is 16.7. The number of cyclic esters (lactones) is 2. The Labute approximate surface area is 375 Å². The van der Waals surface area contributed by atoms with Crippen LogP contribution in [-0.4, -0.2) is 112 Å². The minimum atomic E-state index is -0.522. The lowest BCUT2D eigenvalue weighted by Crippen LogP contribution is -2.44. The number of carbonyl (C=O) groups excluding carboxylic acids is 6. The first-order valence-electron chi connectivity index (χ1n) is 22.0. The van der Waals surface area contributed by atoms with Crippen molar-refractivity contribution in [3.05, 3.63) is 127 Å². The summed E-state index contributed by atoms with van der Waals surface area (Å²) in [6.07, 6.45) is 3.76. The minimum absolute atomic E-state index is 0.115. The van der Waals surface area contributed by atoms with Crippen LogP contribution in [0.1, 0.15) is 61.7 Å². The van der Waals surface area contributed by atoms with Crippen LogP contribution in [0.5, 0.6) is 0 Å². The van der Waals surface area contributed by atoms with E-state index in [1.54, 1.807) is 52.4 Å². The summed E-state index contributed by atoms with van der Waals surface area (Å²) in [4.78, 5) is 89.1. The molecule has 334 valence electrons. The molecular formula is C49H49N7O9. The fourth-order valence-electron chi connectivity index (χ4n) is 9.19. The number of amides is 6. The van der Waals surface area contributed by atoms with E-state index in [1.165, 1.54) is 9.80 Å². The number of oxazole rings is 1. The van der Waals surface area contributed by atoms with E-state index in [0.29, 0.717) is 54.5 Å². The van der Waals surface area contributed by atoms with Gasteiger partial charge in [-0.05, 0) is 85.3 Å². The maximum Gasteiger partial charge on any atom is 0.410 e. The van der Waals surface area contributed by atoms with E-state index >= 15 is 0 Å². The number of likely N-dealkylation sites (tertiary alicyclic amines) is 2. The van der Waals surface area contributed by atoms with Crippen molar-refractivity contribution in [2.45, 2.75) is 62.7 Å². The normalized spacial score (nSPS) is 20.5. The molecule has 0 bridgehead atoms. The first-order valence-corrected chi connectivity index (χ1v) is 22.0. The van der Waals surface area contributed by atoms with Crippen molar-refractivity contribution in [1.29, 1.82) is 0 Å². The van der Waals surface area contributed by atoms with Crippen LogP contribution in [-0.2, 0) is 28.7 Å². The monoisotopic (exact) mass is 879 g/mol. The lowest BCUT2D eigenvalue weighted by atomic mass is 10.1. The fraction of sp³-hybridized carbons (Fsp3) is 0.327. The smallest absolute Gasteiger partial charge is 0.410 e. The summed E-state index contributed by atoms with van der Waals surface area (Å²) < 4.78 is 16.7. The molecule has 4 aromatic carbocycles. The molecule has 65 heavy (non-hydrogen) atoms. The Kier molecular flexibility index (Phi) is 12.6. The van der Waals surface area contributed by atoms with E-state index in [0.717, 1.165) is 29.5 Å². The van der Waals surface area contributed by atoms with Crippen molar-refractivity contribution >= 4 is 47.2 Å². The third kappa shape index (κ3) is 9.71. The fourth-order valence-corrected chi connectivity index (χ4v) is 9.19. The Morgan fingerprint density at radius 1 is 0.585 bits per heavy atom. The summed E-state index contributed by atoms with van der Waals surface area (Å²) in [5, 5.41) is 5.88. The van der Waals surface area contributed by atoms with Gasteiger partial charge in [0.1, 0.15) is 26.3 Å². The lowest BCUT2D eigenvalue weighted by Gasteiger charge is -2.28. The number of hydrogen-bond donors (Lipinski definition) is 2. The summed E-state index contributed by atoms with van der Waals surface area (Å²) in [5.74, 6) is 0.0545. The van der Waals surface area contributed by atoms with Gasteiger partial charge in [-0.3, -0.25) is 29.0 Å². The third-order valence-corrected chi connectivity index (χ3v) is 12.5. The Hall–Kier alpha value is -7.49. The first kappa shape index (κ1) is 42.8. The van der Waals surface area contributed by atoms with Gasteiger partial charge in [-0.15, -0.1) is 0 Å². The lowest BCUT2D eigenvalue weighted by molar-refractivity contribution is -0.134. The number of ether oxygens (including phenoxy) is 2. The largest absolute Gasteiger partial charge is 0.447 e. The molecule has 9 rings (SSSR count). The van der Waals surface area contributed by atoms with Crippen LogP contribution >= 0.6 is 0 Å². The zero-order chi connectivity index (χ0) is 44.9. The van der Waals surface area contributed by atoms with Gasteiger partial charge in [-0.2, -0.15) is 0 Å².